The third-order valence-electron chi connectivity index (χ3n) is 1.57. The van der Waals surface area contributed by atoms with Crippen molar-refractivity contribution in [2.45, 2.75) is 13.3 Å². The minimum atomic E-state index is -2.69. The van der Waals surface area contributed by atoms with Crippen molar-refractivity contribution in [3.05, 3.63) is 23.3 Å². The van der Waals surface area contributed by atoms with Crippen molar-refractivity contribution in [3.63, 3.8) is 0 Å². The van der Waals surface area contributed by atoms with E-state index in [1.165, 1.54) is 14.0 Å². The Kier molecular flexibility index (Phi) is 3.06. The Morgan fingerprint density at radius 1 is 1.57 bits per heavy atom. The second-order valence-electron chi connectivity index (χ2n) is 2.52. The van der Waals surface area contributed by atoms with Gasteiger partial charge >= 0.3 is 5.97 Å². The first kappa shape index (κ1) is 10.5. The van der Waals surface area contributed by atoms with Crippen LogP contribution >= 0.6 is 0 Å². The Hall–Kier alpha value is -1.59. The Morgan fingerprint density at radius 2 is 2.21 bits per heavy atom. The molecule has 0 saturated heterocycles. The first-order chi connectivity index (χ1) is 6.56. The number of ether oxygens (including phenoxy) is 1. The van der Waals surface area contributed by atoms with E-state index in [9.17, 15) is 13.6 Å². The van der Waals surface area contributed by atoms with Crippen LogP contribution in [-0.2, 0) is 4.74 Å². The molecule has 0 N–H and O–H groups in total. The van der Waals surface area contributed by atoms with E-state index < -0.39 is 18.1 Å². The van der Waals surface area contributed by atoms with E-state index in [2.05, 4.69) is 14.7 Å². The summed E-state index contributed by atoms with van der Waals surface area (Å²) in [6.45, 7) is 1.42. The van der Waals surface area contributed by atoms with Crippen LogP contribution in [0.15, 0.2) is 6.20 Å². The quantitative estimate of drug-likeness (QED) is 0.682. The van der Waals surface area contributed by atoms with Crippen LogP contribution < -0.4 is 0 Å². The average molecular weight is 202 g/mol. The molecule has 0 radical (unpaired) electrons. The molecule has 1 heterocycles. The summed E-state index contributed by atoms with van der Waals surface area (Å²) in [4.78, 5) is 18.1. The van der Waals surface area contributed by atoms with Crippen LogP contribution in [0.25, 0.3) is 0 Å². The minimum Gasteiger partial charge on any atom is -0.464 e. The molecule has 14 heavy (non-hydrogen) atoms. The van der Waals surface area contributed by atoms with Gasteiger partial charge in [-0.05, 0) is 6.92 Å². The van der Waals surface area contributed by atoms with Gasteiger partial charge in [0.25, 0.3) is 6.43 Å². The number of rotatable bonds is 2. The van der Waals surface area contributed by atoms with Crippen LogP contribution in [0.4, 0.5) is 8.78 Å². The summed E-state index contributed by atoms with van der Waals surface area (Å²) in [5.41, 5.74) is -0.360. The number of nitrogens with zero attached hydrogens (tertiary/aromatic N) is 2. The molecule has 4 nitrogen and oxygen atoms in total. The second-order valence-corrected chi connectivity index (χ2v) is 2.52. The normalized spacial score (nSPS) is 10.4. The zero-order chi connectivity index (χ0) is 10.7. The molecular formula is C8H8F2N2O2. The summed E-state index contributed by atoms with van der Waals surface area (Å²) in [6, 6.07) is 0. The third-order valence-corrected chi connectivity index (χ3v) is 1.57. The fourth-order valence-electron chi connectivity index (χ4n) is 0.902. The highest BCUT2D eigenvalue weighted by atomic mass is 19.3. The van der Waals surface area contributed by atoms with E-state index in [1.54, 1.807) is 0 Å². The summed E-state index contributed by atoms with van der Waals surface area (Å²) < 4.78 is 28.7. The van der Waals surface area contributed by atoms with Crippen molar-refractivity contribution in [2.75, 3.05) is 7.11 Å². The molecule has 0 amide bonds. The lowest BCUT2D eigenvalue weighted by Crippen LogP contribution is -2.09. The highest BCUT2D eigenvalue weighted by Crippen LogP contribution is 2.16. The number of aromatic nitrogens is 2. The summed E-state index contributed by atoms with van der Waals surface area (Å²) in [6.07, 6.45) is -1.82. The SMILES string of the molecule is COC(=O)c1ncc(C(F)F)nc1C. The van der Waals surface area contributed by atoms with Crippen LogP contribution in [0.5, 0.6) is 0 Å². The number of halogens is 2. The molecular weight excluding hydrogens is 194 g/mol. The summed E-state index contributed by atoms with van der Waals surface area (Å²) in [5, 5.41) is 0. The lowest BCUT2D eigenvalue weighted by Gasteiger charge is -2.03. The van der Waals surface area contributed by atoms with E-state index in [-0.39, 0.29) is 11.4 Å². The van der Waals surface area contributed by atoms with Gasteiger partial charge in [0.1, 0.15) is 5.69 Å². The van der Waals surface area contributed by atoms with Gasteiger partial charge in [-0.2, -0.15) is 0 Å². The molecule has 1 aromatic rings. The van der Waals surface area contributed by atoms with E-state index in [4.69, 9.17) is 0 Å². The molecule has 0 aliphatic rings. The summed E-state index contributed by atoms with van der Waals surface area (Å²) in [7, 11) is 1.18. The molecule has 0 saturated carbocycles. The van der Waals surface area contributed by atoms with Crippen LogP contribution in [0, 0.1) is 6.92 Å². The van der Waals surface area contributed by atoms with Crippen molar-refractivity contribution in [3.8, 4) is 0 Å². The van der Waals surface area contributed by atoms with E-state index in [0.29, 0.717) is 0 Å². The first-order valence-electron chi connectivity index (χ1n) is 3.76. The molecule has 6 heteroatoms. The maximum Gasteiger partial charge on any atom is 0.358 e. The molecule has 76 valence electrons. The fraction of sp³-hybridized carbons (Fsp3) is 0.375. The number of carbonyl (C=O) groups excluding carboxylic acids is 1. The summed E-state index contributed by atoms with van der Waals surface area (Å²) in [5.74, 6) is -0.684. The lowest BCUT2D eigenvalue weighted by atomic mass is 10.3. The Labute approximate surface area is 78.9 Å². The highest BCUT2D eigenvalue weighted by Gasteiger charge is 2.16. The van der Waals surface area contributed by atoms with Gasteiger partial charge in [0.2, 0.25) is 0 Å². The smallest absolute Gasteiger partial charge is 0.358 e. The Bertz CT molecular complexity index is 355. The molecule has 0 aromatic carbocycles. The summed E-state index contributed by atoms with van der Waals surface area (Å²) >= 11 is 0. The maximum absolute atomic E-state index is 12.1. The molecule has 0 aliphatic heterocycles. The molecule has 0 spiro atoms. The molecule has 0 bridgehead atoms. The molecule has 0 unspecified atom stereocenters. The lowest BCUT2D eigenvalue weighted by molar-refractivity contribution is 0.0591. The van der Waals surface area contributed by atoms with Crippen LogP contribution in [-0.4, -0.2) is 23.0 Å². The number of hydrogen-bond donors (Lipinski definition) is 0. The van der Waals surface area contributed by atoms with Crippen molar-refractivity contribution < 1.29 is 18.3 Å². The van der Waals surface area contributed by atoms with Crippen molar-refractivity contribution in [1.82, 2.24) is 9.97 Å². The van der Waals surface area contributed by atoms with Crippen molar-refractivity contribution >= 4 is 5.97 Å². The molecule has 0 atom stereocenters. The number of hydrogen-bond acceptors (Lipinski definition) is 4. The standard InChI is InChI=1S/C8H8F2N2O2/c1-4-6(8(13)14-2)11-3-5(12-4)7(9)10/h3,7H,1-2H3. The van der Waals surface area contributed by atoms with Crippen molar-refractivity contribution in [2.24, 2.45) is 0 Å². The average Bonchev–Trinajstić information content (AvgIpc) is 2.16. The zero-order valence-electron chi connectivity index (χ0n) is 7.62. The number of carbonyl (C=O) groups is 1. The van der Waals surface area contributed by atoms with Gasteiger partial charge in [-0.15, -0.1) is 0 Å². The van der Waals surface area contributed by atoms with Crippen LogP contribution in [0.3, 0.4) is 0 Å². The number of esters is 1. The number of alkyl halides is 2. The largest absolute Gasteiger partial charge is 0.464 e. The Balaban J connectivity index is 3.07. The number of aryl methyl sites for hydroxylation is 1. The van der Waals surface area contributed by atoms with E-state index >= 15 is 0 Å². The van der Waals surface area contributed by atoms with Gasteiger partial charge in [0, 0.05) is 0 Å². The van der Waals surface area contributed by atoms with Gasteiger partial charge in [-0.3, -0.25) is 0 Å². The van der Waals surface area contributed by atoms with Crippen LogP contribution in [0.2, 0.25) is 0 Å². The Morgan fingerprint density at radius 3 is 2.64 bits per heavy atom. The van der Waals surface area contributed by atoms with Crippen LogP contribution in [0.1, 0.15) is 28.3 Å². The molecule has 0 fully saturated rings. The predicted molar refractivity (Wildman–Crippen MR) is 43.1 cm³/mol. The zero-order valence-corrected chi connectivity index (χ0v) is 7.62. The first-order valence-corrected chi connectivity index (χ1v) is 3.76. The van der Waals surface area contributed by atoms with E-state index in [0.717, 1.165) is 6.20 Å². The van der Waals surface area contributed by atoms with Crippen molar-refractivity contribution in [1.29, 1.82) is 0 Å². The van der Waals surface area contributed by atoms with Gasteiger partial charge in [0.15, 0.2) is 5.69 Å². The predicted octanol–water partition coefficient (Wildman–Crippen LogP) is 1.51. The maximum atomic E-state index is 12.1. The molecule has 1 aromatic heterocycles. The monoisotopic (exact) mass is 202 g/mol. The molecule has 1 rings (SSSR count). The highest BCUT2D eigenvalue weighted by molar-refractivity contribution is 5.88. The number of methoxy groups -OCH3 is 1. The second kappa shape index (κ2) is 4.08. The fourth-order valence-corrected chi connectivity index (χ4v) is 0.902. The third kappa shape index (κ3) is 2.01. The topological polar surface area (TPSA) is 52.1 Å². The van der Waals surface area contributed by atoms with Gasteiger partial charge < -0.3 is 4.74 Å². The van der Waals surface area contributed by atoms with Gasteiger partial charge in [0.05, 0.1) is 19.0 Å². The van der Waals surface area contributed by atoms with Gasteiger partial charge in [-0.1, -0.05) is 0 Å². The molecule has 0 aliphatic carbocycles. The minimum absolute atomic E-state index is 0.0445. The van der Waals surface area contributed by atoms with Gasteiger partial charge in [-0.25, -0.2) is 23.5 Å². The van der Waals surface area contributed by atoms with E-state index in [1.807, 2.05) is 0 Å².